The molecular formula is H4Cl4MnO. The van der Waals surface area contributed by atoms with Gasteiger partial charge in [-0.05, 0) is 0 Å². The molecule has 4 N–H and O–H groups in total. The van der Waals surface area contributed by atoms with Crippen LogP contribution >= 0.6 is 0 Å². The van der Waals surface area contributed by atoms with Crippen LogP contribution in [0.5, 0.6) is 0 Å². The standard InChI is InChI=1S/4ClH.Mn.H4O/h4*1H;;1H4/q;;;;2*+2/p-4. The molecule has 0 amide bonds. The average molecular weight is 217 g/mol. The quantitative estimate of drug-likeness (QED) is 0.361. The van der Waals surface area contributed by atoms with E-state index in [4.69, 9.17) is 0 Å². The minimum absolute atomic E-state index is 0. The largest absolute Gasteiger partial charge is 2.00 e. The van der Waals surface area contributed by atoms with Crippen molar-refractivity contribution in [1.82, 2.24) is 0 Å². The van der Waals surface area contributed by atoms with Crippen LogP contribution in [-0.4, -0.2) is 0 Å². The van der Waals surface area contributed by atoms with E-state index in [0.29, 0.717) is 0 Å². The van der Waals surface area contributed by atoms with Crippen LogP contribution in [0.2, 0.25) is 0 Å². The smallest absolute Gasteiger partial charge is 1.00 e. The van der Waals surface area contributed by atoms with Gasteiger partial charge in [-0.15, -0.1) is 0 Å². The van der Waals surface area contributed by atoms with E-state index in [2.05, 4.69) is 0 Å². The Balaban J connectivity index is 0. The summed E-state index contributed by atoms with van der Waals surface area (Å²) in [4.78, 5) is 0. The van der Waals surface area contributed by atoms with Gasteiger partial charge in [-0.25, -0.2) is 0 Å². The molecule has 1 radical (unpaired) electrons. The van der Waals surface area contributed by atoms with E-state index < -0.39 is 0 Å². The SMILES string of the molecule is [Cl-].[Cl-].[Cl-].[Cl-].[Mn+2].[OH4+2]. The average Bonchev–Trinajstić information content (AvgIpc) is 0. The van der Waals surface area contributed by atoms with Crippen molar-refractivity contribution in [2.45, 2.75) is 0 Å². The Hall–Kier alpha value is 1.64. The van der Waals surface area contributed by atoms with Crippen LogP contribution in [0, 0.1) is 0 Å². The zero-order valence-corrected chi connectivity index (χ0v) is 6.80. The molecule has 0 aromatic rings. The third-order valence-electron chi connectivity index (χ3n) is 0. The third-order valence-corrected chi connectivity index (χ3v) is 0. The topological polar surface area (TPSA) is 34.5 Å². The minimum Gasteiger partial charge on any atom is -1.00 e. The van der Waals surface area contributed by atoms with Gasteiger partial charge in [-0.3, -0.25) is 0 Å². The monoisotopic (exact) mass is 215 g/mol. The van der Waals surface area contributed by atoms with Gasteiger partial charge in [0.1, 0.15) is 0 Å². The Labute approximate surface area is 72.1 Å². The molecule has 0 rings (SSSR count). The second-order valence-electron chi connectivity index (χ2n) is 0. The summed E-state index contributed by atoms with van der Waals surface area (Å²) in [5.41, 5.74) is 0. The molecule has 0 aromatic heterocycles. The first-order valence-corrected chi connectivity index (χ1v) is 0. The predicted molar refractivity (Wildman–Crippen MR) is 6.27 cm³/mol. The van der Waals surface area contributed by atoms with Crippen LogP contribution in [0.4, 0.5) is 0 Å². The second-order valence-corrected chi connectivity index (χ2v) is 0. The van der Waals surface area contributed by atoms with Crippen molar-refractivity contribution in [3.8, 4) is 0 Å². The molecule has 1 nitrogen and oxygen atoms in total. The number of hydrogen-bond acceptors (Lipinski definition) is 0. The van der Waals surface area contributed by atoms with Crippen molar-refractivity contribution < 1.29 is 72.2 Å². The zero-order valence-electron chi connectivity index (χ0n) is 2.60. The molecule has 0 unspecified atom stereocenters. The predicted octanol–water partition coefficient (Wildman–Crippen LogP) is -13.2. The summed E-state index contributed by atoms with van der Waals surface area (Å²) in [6, 6.07) is 0. The van der Waals surface area contributed by atoms with Crippen LogP contribution in [0.3, 0.4) is 0 Å². The van der Waals surface area contributed by atoms with Gasteiger partial charge in [0.05, 0.1) is 0 Å². The van der Waals surface area contributed by atoms with Crippen molar-refractivity contribution in [1.29, 1.82) is 0 Å². The summed E-state index contributed by atoms with van der Waals surface area (Å²) < 4.78 is 0. The molecular weight excluding hydrogens is 213 g/mol. The van der Waals surface area contributed by atoms with E-state index in [-0.39, 0.29) is 72.2 Å². The molecule has 0 heterocycles. The van der Waals surface area contributed by atoms with Crippen LogP contribution in [0.1, 0.15) is 0 Å². The molecule has 45 valence electrons. The van der Waals surface area contributed by atoms with Gasteiger partial charge < -0.3 is 55.1 Å². The van der Waals surface area contributed by atoms with Crippen molar-refractivity contribution in [2.75, 3.05) is 0 Å². The fourth-order valence-electron chi connectivity index (χ4n) is 0. The Bertz CT molecular complexity index is 7.51. The fraction of sp³-hybridized carbons (Fsp3) is 0. The van der Waals surface area contributed by atoms with Gasteiger partial charge in [-0.2, -0.15) is 0 Å². The van der Waals surface area contributed by atoms with Crippen molar-refractivity contribution >= 4 is 0 Å². The van der Waals surface area contributed by atoms with Gasteiger partial charge >= 0.3 is 17.1 Å². The van der Waals surface area contributed by atoms with Gasteiger partial charge in [0, 0.05) is 0 Å². The molecule has 6 heavy (non-hydrogen) atoms. The van der Waals surface area contributed by atoms with E-state index in [9.17, 15) is 0 Å². The Kier molecular flexibility index (Phi) is 1640. The number of hydrogen-bond donors (Lipinski definition) is 0. The van der Waals surface area contributed by atoms with Gasteiger partial charge in [0.2, 0.25) is 0 Å². The summed E-state index contributed by atoms with van der Waals surface area (Å²) in [5, 5.41) is 0. The first kappa shape index (κ1) is 125. The van der Waals surface area contributed by atoms with Gasteiger partial charge in [0.15, 0.2) is 0 Å². The molecule has 0 saturated heterocycles. The maximum absolute atomic E-state index is 0. The van der Waals surface area contributed by atoms with Crippen LogP contribution in [-0.2, 0) is 22.5 Å². The van der Waals surface area contributed by atoms with Crippen molar-refractivity contribution in [2.24, 2.45) is 0 Å². The van der Waals surface area contributed by atoms with Crippen LogP contribution in [0.25, 0.3) is 0 Å². The summed E-state index contributed by atoms with van der Waals surface area (Å²) in [5.74, 6) is 0. The summed E-state index contributed by atoms with van der Waals surface area (Å²) in [6.07, 6.45) is 0. The van der Waals surface area contributed by atoms with Crippen molar-refractivity contribution in [3.05, 3.63) is 0 Å². The Morgan fingerprint density at radius 2 is 0.500 bits per heavy atom. The second kappa shape index (κ2) is 78.6. The maximum atomic E-state index is 0. The number of halogens is 4. The summed E-state index contributed by atoms with van der Waals surface area (Å²) in [6.45, 7) is 0. The maximum Gasteiger partial charge on any atom is 2.00 e. The molecule has 0 aromatic carbocycles. The van der Waals surface area contributed by atoms with E-state index >= 15 is 0 Å². The fourth-order valence-corrected chi connectivity index (χ4v) is 0. The molecule has 0 aliphatic heterocycles. The van der Waals surface area contributed by atoms with Gasteiger partial charge in [0.25, 0.3) is 0 Å². The molecule has 0 fully saturated rings. The summed E-state index contributed by atoms with van der Waals surface area (Å²) in [7, 11) is 0. The van der Waals surface area contributed by atoms with E-state index in [1.54, 1.807) is 0 Å². The van der Waals surface area contributed by atoms with Crippen LogP contribution < -0.4 is 49.6 Å². The molecule has 0 aliphatic rings. The first-order valence-electron chi connectivity index (χ1n) is 0. The normalized spacial score (nSPS) is 0. The Morgan fingerprint density at radius 1 is 0.500 bits per heavy atom. The van der Waals surface area contributed by atoms with Crippen LogP contribution in [0.15, 0.2) is 0 Å². The molecule has 0 atom stereocenters. The van der Waals surface area contributed by atoms with E-state index in [0.717, 1.165) is 0 Å². The summed E-state index contributed by atoms with van der Waals surface area (Å²) >= 11 is 0. The van der Waals surface area contributed by atoms with Gasteiger partial charge in [-0.1, -0.05) is 0 Å². The molecule has 0 aliphatic carbocycles. The zero-order chi connectivity index (χ0) is 0. The third kappa shape index (κ3) is 45.2. The molecule has 6 heteroatoms. The molecule has 0 bridgehead atoms. The first-order chi connectivity index (χ1) is 0. The minimum atomic E-state index is 0. The Morgan fingerprint density at radius 3 is 0.500 bits per heavy atom. The number of rotatable bonds is 0. The molecule has 0 saturated carbocycles. The van der Waals surface area contributed by atoms with E-state index in [1.165, 1.54) is 0 Å². The van der Waals surface area contributed by atoms with Crippen molar-refractivity contribution in [3.63, 3.8) is 0 Å². The molecule has 0 spiro atoms. The van der Waals surface area contributed by atoms with E-state index in [1.807, 2.05) is 0 Å².